The largest absolute Gasteiger partial charge is 0.364 e. The van der Waals surface area contributed by atoms with Crippen LogP contribution in [0.15, 0.2) is 29.3 Å². The molecule has 2 aliphatic carbocycles. The monoisotopic (exact) mass is 419 g/mol. The minimum Gasteiger partial charge on any atom is -0.364 e. The number of carbonyl (C=O) groups is 1. The van der Waals surface area contributed by atoms with E-state index in [-0.39, 0.29) is 29.4 Å². The normalized spacial score (nSPS) is 20.6. The van der Waals surface area contributed by atoms with Crippen LogP contribution in [0.4, 0.5) is 8.78 Å². The van der Waals surface area contributed by atoms with Crippen molar-refractivity contribution < 1.29 is 13.6 Å². The number of H-pyrrole nitrogens is 1. The fourth-order valence-corrected chi connectivity index (χ4v) is 4.80. The van der Waals surface area contributed by atoms with E-state index in [4.69, 9.17) is 5.73 Å². The van der Waals surface area contributed by atoms with Crippen LogP contribution in [-0.2, 0) is 0 Å². The number of carbonyl (C=O) groups excluding carboxylic acids is 1. The molecule has 0 atom stereocenters. The third-order valence-electron chi connectivity index (χ3n) is 6.48. The Morgan fingerprint density at radius 3 is 2.23 bits per heavy atom. The maximum atomic E-state index is 13.1. The van der Waals surface area contributed by atoms with Gasteiger partial charge < -0.3 is 10.7 Å². The van der Waals surface area contributed by atoms with Crippen molar-refractivity contribution >= 4 is 16.8 Å². The van der Waals surface area contributed by atoms with Gasteiger partial charge in [0.05, 0.1) is 10.9 Å². The fourth-order valence-electron chi connectivity index (χ4n) is 4.80. The van der Waals surface area contributed by atoms with Gasteiger partial charge in [-0.1, -0.05) is 44.9 Å². The average Bonchev–Trinajstić information content (AvgIpc) is 2.69. The summed E-state index contributed by atoms with van der Waals surface area (Å²) in [6.07, 6.45) is 14.2. The topological polar surface area (TPSA) is 88.8 Å². The Morgan fingerprint density at radius 1 is 1.00 bits per heavy atom. The molecule has 164 valence electrons. The molecule has 2 aromatic rings. The van der Waals surface area contributed by atoms with Crippen molar-refractivity contribution in [3.8, 4) is 0 Å². The van der Waals surface area contributed by atoms with Gasteiger partial charge in [0.25, 0.3) is 5.91 Å². The van der Waals surface area contributed by atoms with E-state index in [1.165, 1.54) is 63.4 Å². The van der Waals surface area contributed by atoms with Gasteiger partial charge in [-0.05, 0) is 30.7 Å². The standard InChI is InChI=1S/C14H24F2.C9H7N3O2/c15-14(16)10-8-13(9-11-14)12-6-4-2-1-3-5-7-12;10-9(14)8-7-5(1-3-12-8)11-4-2-6(7)13/h12-13H,1-11H2;1-4H,(H2,10,14)(H,11,13). The Balaban J connectivity index is 0.000000172. The van der Waals surface area contributed by atoms with Crippen molar-refractivity contribution in [2.75, 3.05) is 0 Å². The molecule has 2 saturated carbocycles. The minimum atomic E-state index is -2.35. The molecule has 0 unspecified atom stereocenters. The number of hydrogen-bond acceptors (Lipinski definition) is 3. The summed E-state index contributed by atoms with van der Waals surface area (Å²) >= 11 is 0. The van der Waals surface area contributed by atoms with Crippen LogP contribution in [0.5, 0.6) is 0 Å². The van der Waals surface area contributed by atoms with Crippen LogP contribution in [0.1, 0.15) is 81.1 Å². The molecule has 0 radical (unpaired) electrons. The van der Waals surface area contributed by atoms with E-state index < -0.39 is 11.8 Å². The van der Waals surface area contributed by atoms with E-state index in [0.717, 1.165) is 18.8 Å². The van der Waals surface area contributed by atoms with Gasteiger partial charge in [-0.3, -0.25) is 14.6 Å². The first kappa shape index (κ1) is 22.4. The molecule has 2 heterocycles. The van der Waals surface area contributed by atoms with Gasteiger partial charge in [-0.2, -0.15) is 0 Å². The van der Waals surface area contributed by atoms with Gasteiger partial charge in [0.2, 0.25) is 5.92 Å². The van der Waals surface area contributed by atoms with E-state index in [2.05, 4.69) is 9.97 Å². The number of halogens is 2. The molecular formula is C23H31F2N3O2. The second-order valence-electron chi connectivity index (χ2n) is 8.59. The van der Waals surface area contributed by atoms with Crippen LogP contribution in [0.2, 0.25) is 0 Å². The van der Waals surface area contributed by atoms with E-state index in [1.807, 2.05) is 0 Å². The number of aromatic nitrogens is 2. The molecule has 0 aliphatic heterocycles. The van der Waals surface area contributed by atoms with Crippen LogP contribution >= 0.6 is 0 Å². The van der Waals surface area contributed by atoms with Crippen LogP contribution in [-0.4, -0.2) is 21.8 Å². The first-order valence-corrected chi connectivity index (χ1v) is 11.0. The highest BCUT2D eigenvalue weighted by molar-refractivity contribution is 6.03. The van der Waals surface area contributed by atoms with E-state index in [9.17, 15) is 18.4 Å². The van der Waals surface area contributed by atoms with Crippen LogP contribution < -0.4 is 11.2 Å². The van der Waals surface area contributed by atoms with E-state index in [1.54, 1.807) is 6.07 Å². The van der Waals surface area contributed by atoms with Crippen LogP contribution in [0, 0.1) is 11.8 Å². The number of hydrogen-bond donors (Lipinski definition) is 2. The maximum absolute atomic E-state index is 13.1. The Bertz CT molecular complexity index is 889. The average molecular weight is 420 g/mol. The zero-order valence-electron chi connectivity index (χ0n) is 17.3. The number of primary amides is 1. The molecule has 5 nitrogen and oxygen atoms in total. The number of nitrogens with zero attached hydrogens (tertiary/aromatic N) is 1. The lowest BCUT2D eigenvalue weighted by Crippen LogP contribution is -2.28. The second kappa shape index (κ2) is 10.1. The van der Waals surface area contributed by atoms with Crippen LogP contribution in [0.3, 0.4) is 0 Å². The molecule has 2 aliphatic rings. The number of nitrogens with two attached hydrogens (primary N) is 1. The number of nitrogens with one attached hydrogen (secondary N) is 1. The molecule has 0 saturated heterocycles. The van der Waals surface area contributed by atoms with Crippen molar-refractivity contribution in [3.63, 3.8) is 0 Å². The lowest BCUT2D eigenvalue weighted by atomic mass is 9.74. The summed E-state index contributed by atoms with van der Waals surface area (Å²) in [7, 11) is 0. The summed E-state index contributed by atoms with van der Waals surface area (Å²) in [4.78, 5) is 29.0. The van der Waals surface area contributed by atoms with Crippen molar-refractivity contribution in [1.29, 1.82) is 0 Å². The molecule has 0 bridgehead atoms. The maximum Gasteiger partial charge on any atom is 0.268 e. The summed E-state index contributed by atoms with van der Waals surface area (Å²) < 4.78 is 26.2. The van der Waals surface area contributed by atoms with Crippen molar-refractivity contribution in [3.05, 3.63) is 40.4 Å². The Labute approximate surface area is 175 Å². The zero-order chi connectivity index (χ0) is 21.6. The number of aromatic amines is 1. The first-order chi connectivity index (χ1) is 14.4. The molecule has 7 heteroatoms. The molecule has 2 aromatic heterocycles. The summed E-state index contributed by atoms with van der Waals surface area (Å²) in [6.45, 7) is 0. The number of rotatable bonds is 2. The molecule has 3 N–H and O–H groups in total. The zero-order valence-corrected chi connectivity index (χ0v) is 17.3. The fraction of sp³-hybridized carbons (Fsp3) is 0.609. The molecule has 4 rings (SSSR count). The lowest BCUT2D eigenvalue weighted by molar-refractivity contribution is -0.0536. The predicted octanol–water partition coefficient (Wildman–Crippen LogP) is 5.19. The molecule has 2 fully saturated rings. The highest BCUT2D eigenvalue weighted by Gasteiger charge is 2.37. The third kappa shape index (κ3) is 5.86. The summed E-state index contributed by atoms with van der Waals surface area (Å²) in [5, 5.41) is 0.238. The van der Waals surface area contributed by atoms with Crippen LogP contribution in [0.25, 0.3) is 10.9 Å². The molecule has 1 amide bonds. The summed E-state index contributed by atoms with van der Waals surface area (Å²) in [5.74, 6) is -1.68. The second-order valence-corrected chi connectivity index (χ2v) is 8.59. The lowest BCUT2D eigenvalue weighted by Gasteiger charge is -2.34. The predicted molar refractivity (Wildman–Crippen MR) is 114 cm³/mol. The van der Waals surface area contributed by atoms with Crippen molar-refractivity contribution in [1.82, 2.24) is 9.97 Å². The first-order valence-electron chi connectivity index (χ1n) is 11.0. The molecular weight excluding hydrogens is 388 g/mol. The highest BCUT2D eigenvalue weighted by Crippen LogP contribution is 2.42. The quantitative estimate of drug-likeness (QED) is 0.702. The molecule has 0 aromatic carbocycles. The van der Waals surface area contributed by atoms with Crippen molar-refractivity contribution in [2.45, 2.75) is 76.6 Å². The third-order valence-corrected chi connectivity index (χ3v) is 6.48. The molecule has 0 spiro atoms. The number of alkyl halides is 2. The SMILES string of the molecule is FC1(F)CCC(C2CCCCCCC2)CC1.NC(=O)c1nccc2[nH]ccc(=O)c12. The summed E-state index contributed by atoms with van der Waals surface area (Å²) in [5.41, 5.74) is 5.39. The smallest absolute Gasteiger partial charge is 0.268 e. The van der Waals surface area contributed by atoms with Gasteiger partial charge in [0, 0.05) is 31.3 Å². The Hall–Kier alpha value is -2.31. The van der Waals surface area contributed by atoms with E-state index in [0.29, 0.717) is 11.4 Å². The van der Waals surface area contributed by atoms with Gasteiger partial charge in [0.1, 0.15) is 5.69 Å². The van der Waals surface area contributed by atoms with Gasteiger partial charge in [-0.15, -0.1) is 0 Å². The van der Waals surface area contributed by atoms with Crippen molar-refractivity contribution in [2.24, 2.45) is 17.6 Å². The van der Waals surface area contributed by atoms with Gasteiger partial charge >= 0.3 is 0 Å². The number of fused-ring (bicyclic) bond motifs is 1. The highest BCUT2D eigenvalue weighted by atomic mass is 19.3. The molecule has 30 heavy (non-hydrogen) atoms. The summed E-state index contributed by atoms with van der Waals surface area (Å²) in [6, 6.07) is 2.94. The Morgan fingerprint density at radius 2 is 1.60 bits per heavy atom. The van der Waals surface area contributed by atoms with E-state index >= 15 is 0 Å². The van der Waals surface area contributed by atoms with Gasteiger partial charge in [-0.25, -0.2) is 8.78 Å². The Kier molecular flexibility index (Phi) is 7.56. The number of pyridine rings is 2. The number of amides is 1. The minimum absolute atomic E-state index is 0.00403. The van der Waals surface area contributed by atoms with Gasteiger partial charge in [0.15, 0.2) is 5.43 Å².